The van der Waals surface area contributed by atoms with Crippen molar-refractivity contribution in [3.05, 3.63) is 35.1 Å². The fourth-order valence-electron chi connectivity index (χ4n) is 2.04. The Kier molecular flexibility index (Phi) is 2.98. The fourth-order valence-corrected chi connectivity index (χ4v) is 2.04. The predicted octanol–water partition coefficient (Wildman–Crippen LogP) is 2.16. The molecule has 0 bridgehead atoms. The van der Waals surface area contributed by atoms with Gasteiger partial charge in [0, 0.05) is 0 Å². The van der Waals surface area contributed by atoms with Crippen LogP contribution in [0.4, 0.5) is 4.39 Å². The molecule has 0 unspecified atom stereocenters. The summed E-state index contributed by atoms with van der Waals surface area (Å²) in [4.78, 5) is 0. The van der Waals surface area contributed by atoms with Crippen LogP contribution in [-0.4, -0.2) is 13.1 Å². The average molecular weight is 204 g/mol. The summed E-state index contributed by atoms with van der Waals surface area (Å²) in [6, 6.07) is 6.77. The van der Waals surface area contributed by atoms with Crippen LogP contribution in [0.25, 0.3) is 0 Å². The molecular weight excluding hydrogens is 191 g/mol. The van der Waals surface area contributed by atoms with E-state index in [-0.39, 0.29) is 5.56 Å². The largest absolute Gasteiger partial charge is 0.317 e. The summed E-state index contributed by atoms with van der Waals surface area (Å²) >= 11 is 0. The van der Waals surface area contributed by atoms with Crippen molar-refractivity contribution in [3.8, 4) is 6.07 Å². The van der Waals surface area contributed by atoms with Gasteiger partial charge in [0.2, 0.25) is 0 Å². The third-order valence-electron chi connectivity index (χ3n) is 2.92. The molecule has 1 aromatic carbocycles. The Morgan fingerprint density at radius 2 is 2.07 bits per heavy atom. The van der Waals surface area contributed by atoms with Crippen molar-refractivity contribution in [2.24, 2.45) is 0 Å². The number of halogens is 1. The van der Waals surface area contributed by atoms with Gasteiger partial charge in [0.15, 0.2) is 0 Å². The van der Waals surface area contributed by atoms with Gasteiger partial charge in [0.05, 0.1) is 5.56 Å². The lowest BCUT2D eigenvalue weighted by molar-refractivity contribution is 0.460. The first-order chi connectivity index (χ1) is 7.31. The zero-order valence-electron chi connectivity index (χ0n) is 8.46. The molecule has 0 radical (unpaired) electrons. The van der Waals surface area contributed by atoms with Gasteiger partial charge in [-0.3, -0.25) is 0 Å². The topological polar surface area (TPSA) is 35.8 Å². The summed E-state index contributed by atoms with van der Waals surface area (Å²) in [5.74, 6) is 0.0501. The SMILES string of the molecule is N#Cc1cc(C2CCNCC2)ccc1F. The number of piperidine rings is 1. The Morgan fingerprint density at radius 1 is 1.33 bits per heavy atom. The van der Waals surface area contributed by atoms with Crippen LogP contribution in [0.15, 0.2) is 18.2 Å². The molecule has 0 spiro atoms. The second-order valence-electron chi connectivity index (χ2n) is 3.88. The summed E-state index contributed by atoms with van der Waals surface area (Å²) in [5, 5.41) is 12.0. The van der Waals surface area contributed by atoms with Gasteiger partial charge in [-0.25, -0.2) is 4.39 Å². The lowest BCUT2D eigenvalue weighted by Crippen LogP contribution is -2.26. The van der Waals surface area contributed by atoms with E-state index in [2.05, 4.69) is 5.32 Å². The summed E-state index contributed by atoms with van der Waals surface area (Å²) < 4.78 is 13.1. The first-order valence-corrected chi connectivity index (χ1v) is 5.21. The highest BCUT2D eigenvalue weighted by Gasteiger charge is 2.16. The van der Waals surface area contributed by atoms with E-state index in [9.17, 15) is 4.39 Å². The molecule has 2 nitrogen and oxygen atoms in total. The lowest BCUT2D eigenvalue weighted by atomic mass is 9.89. The summed E-state index contributed by atoms with van der Waals surface area (Å²) in [5.41, 5.74) is 1.25. The van der Waals surface area contributed by atoms with Crippen molar-refractivity contribution in [2.75, 3.05) is 13.1 Å². The molecule has 0 amide bonds. The third kappa shape index (κ3) is 2.16. The zero-order chi connectivity index (χ0) is 10.7. The molecule has 1 saturated heterocycles. The normalized spacial score (nSPS) is 17.3. The maximum absolute atomic E-state index is 13.1. The van der Waals surface area contributed by atoms with Gasteiger partial charge < -0.3 is 5.32 Å². The highest BCUT2D eigenvalue weighted by Crippen LogP contribution is 2.26. The van der Waals surface area contributed by atoms with Crippen molar-refractivity contribution in [1.82, 2.24) is 5.32 Å². The van der Waals surface area contributed by atoms with Crippen LogP contribution < -0.4 is 5.32 Å². The molecule has 1 N–H and O–H groups in total. The number of hydrogen-bond donors (Lipinski definition) is 1. The van der Waals surface area contributed by atoms with Gasteiger partial charge in [0.25, 0.3) is 0 Å². The Balaban J connectivity index is 2.25. The molecule has 15 heavy (non-hydrogen) atoms. The van der Waals surface area contributed by atoms with E-state index >= 15 is 0 Å². The minimum atomic E-state index is -0.421. The number of nitrogens with one attached hydrogen (secondary N) is 1. The molecule has 1 aliphatic heterocycles. The van der Waals surface area contributed by atoms with Gasteiger partial charge >= 0.3 is 0 Å². The summed E-state index contributed by atoms with van der Waals surface area (Å²) in [7, 11) is 0. The van der Waals surface area contributed by atoms with Crippen molar-refractivity contribution in [3.63, 3.8) is 0 Å². The second kappa shape index (κ2) is 4.41. The van der Waals surface area contributed by atoms with E-state index in [0.29, 0.717) is 5.92 Å². The zero-order valence-corrected chi connectivity index (χ0v) is 8.46. The smallest absolute Gasteiger partial charge is 0.140 e. The molecule has 3 heteroatoms. The highest BCUT2D eigenvalue weighted by molar-refractivity contribution is 5.36. The van der Waals surface area contributed by atoms with Crippen molar-refractivity contribution < 1.29 is 4.39 Å². The van der Waals surface area contributed by atoms with Crippen molar-refractivity contribution in [1.29, 1.82) is 5.26 Å². The van der Waals surface area contributed by atoms with Crippen LogP contribution in [0.5, 0.6) is 0 Å². The second-order valence-corrected chi connectivity index (χ2v) is 3.88. The molecule has 0 saturated carbocycles. The van der Waals surface area contributed by atoms with Gasteiger partial charge in [-0.2, -0.15) is 5.26 Å². The molecule has 2 rings (SSSR count). The third-order valence-corrected chi connectivity index (χ3v) is 2.92. The Labute approximate surface area is 88.7 Å². The Bertz CT molecular complexity index is 389. The molecule has 1 aliphatic rings. The number of hydrogen-bond acceptors (Lipinski definition) is 2. The Hall–Kier alpha value is -1.40. The quantitative estimate of drug-likeness (QED) is 0.761. The minimum absolute atomic E-state index is 0.158. The van der Waals surface area contributed by atoms with Crippen LogP contribution in [0.2, 0.25) is 0 Å². The van der Waals surface area contributed by atoms with E-state index < -0.39 is 5.82 Å². The van der Waals surface area contributed by atoms with Crippen molar-refractivity contribution in [2.45, 2.75) is 18.8 Å². The maximum atomic E-state index is 13.1. The van der Waals surface area contributed by atoms with E-state index in [0.717, 1.165) is 31.5 Å². The number of benzene rings is 1. The van der Waals surface area contributed by atoms with Gasteiger partial charge in [-0.05, 0) is 49.5 Å². The first kappa shape index (κ1) is 10.1. The number of rotatable bonds is 1. The fraction of sp³-hybridized carbons (Fsp3) is 0.417. The number of nitriles is 1. The molecule has 1 heterocycles. The first-order valence-electron chi connectivity index (χ1n) is 5.21. The van der Waals surface area contributed by atoms with E-state index in [1.165, 1.54) is 6.07 Å². The van der Waals surface area contributed by atoms with Crippen LogP contribution >= 0.6 is 0 Å². The molecule has 0 aromatic heterocycles. The van der Waals surface area contributed by atoms with Crippen LogP contribution in [-0.2, 0) is 0 Å². The molecule has 78 valence electrons. The maximum Gasteiger partial charge on any atom is 0.140 e. The standard InChI is InChI=1S/C12H13FN2/c13-12-2-1-10(7-11(12)8-14)9-3-5-15-6-4-9/h1-2,7,9,15H,3-6H2. The number of nitrogens with zero attached hydrogens (tertiary/aromatic N) is 1. The highest BCUT2D eigenvalue weighted by atomic mass is 19.1. The van der Waals surface area contributed by atoms with Crippen molar-refractivity contribution >= 4 is 0 Å². The summed E-state index contributed by atoms with van der Waals surface area (Å²) in [6.45, 7) is 2.01. The predicted molar refractivity (Wildman–Crippen MR) is 56.0 cm³/mol. The lowest BCUT2D eigenvalue weighted by Gasteiger charge is -2.23. The van der Waals surface area contributed by atoms with E-state index in [4.69, 9.17) is 5.26 Å². The van der Waals surface area contributed by atoms with Crippen LogP contribution in [0.3, 0.4) is 0 Å². The van der Waals surface area contributed by atoms with Gasteiger partial charge in [0.1, 0.15) is 11.9 Å². The van der Waals surface area contributed by atoms with Gasteiger partial charge in [-0.1, -0.05) is 6.07 Å². The Morgan fingerprint density at radius 3 is 2.73 bits per heavy atom. The minimum Gasteiger partial charge on any atom is -0.317 e. The molecule has 0 atom stereocenters. The monoisotopic (exact) mass is 204 g/mol. The molecule has 1 fully saturated rings. The molecule has 1 aromatic rings. The average Bonchev–Trinajstić information content (AvgIpc) is 2.31. The molecular formula is C12H13FN2. The van der Waals surface area contributed by atoms with E-state index in [1.807, 2.05) is 6.07 Å². The van der Waals surface area contributed by atoms with Crippen LogP contribution in [0.1, 0.15) is 29.9 Å². The van der Waals surface area contributed by atoms with Crippen LogP contribution in [0, 0.1) is 17.1 Å². The van der Waals surface area contributed by atoms with Gasteiger partial charge in [-0.15, -0.1) is 0 Å². The summed E-state index contributed by atoms with van der Waals surface area (Å²) in [6.07, 6.45) is 2.13. The molecule has 0 aliphatic carbocycles. The van der Waals surface area contributed by atoms with E-state index in [1.54, 1.807) is 12.1 Å².